The minimum atomic E-state index is 0.328. The Kier molecular flexibility index (Phi) is 4.82. The van der Waals surface area contributed by atoms with Crippen LogP contribution in [0, 0.1) is 23.2 Å². The molecule has 2 rings (SSSR count). The van der Waals surface area contributed by atoms with Gasteiger partial charge in [-0.15, -0.1) is 0 Å². The van der Waals surface area contributed by atoms with Gasteiger partial charge in [-0.3, -0.25) is 0 Å². The molecule has 1 unspecified atom stereocenters. The van der Waals surface area contributed by atoms with E-state index < -0.39 is 0 Å². The second-order valence-corrected chi connectivity index (χ2v) is 5.86. The molecule has 2 aliphatic rings. The molecule has 3 nitrogen and oxygen atoms in total. The second-order valence-electron chi connectivity index (χ2n) is 5.86. The number of likely N-dealkylation sites (tertiary alicyclic amines) is 1. The molecule has 1 heterocycles. The van der Waals surface area contributed by atoms with Gasteiger partial charge in [0.15, 0.2) is 0 Å². The first-order valence-corrected chi connectivity index (χ1v) is 7.09. The molecule has 1 aliphatic heterocycles. The van der Waals surface area contributed by atoms with Gasteiger partial charge in [-0.25, -0.2) is 0 Å². The first kappa shape index (κ1) is 12.9. The number of nitriles is 1. The lowest BCUT2D eigenvalue weighted by Crippen LogP contribution is -2.41. The van der Waals surface area contributed by atoms with Crippen LogP contribution < -0.4 is 5.32 Å². The average molecular weight is 235 g/mol. The summed E-state index contributed by atoms with van der Waals surface area (Å²) in [6, 6.07) is 3.07. The van der Waals surface area contributed by atoms with Gasteiger partial charge in [0.2, 0.25) is 0 Å². The molecule has 0 spiro atoms. The second kappa shape index (κ2) is 6.37. The first-order valence-electron chi connectivity index (χ1n) is 7.09. The third-order valence-corrected chi connectivity index (χ3v) is 4.33. The molecule has 0 aromatic carbocycles. The summed E-state index contributed by atoms with van der Waals surface area (Å²) >= 11 is 0. The fourth-order valence-corrected chi connectivity index (χ4v) is 3.20. The highest BCUT2D eigenvalue weighted by atomic mass is 15.1. The van der Waals surface area contributed by atoms with Gasteiger partial charge in [-0.05, 0) is 64.6 Å². The van der Waals surface area contributed by atoms with Crippen LogP contribution in [0.25, 0.3) is 0 Å². The van der Waals surface area contributed by atoms with Gasteiger partial charge in [-0.2, -0.15) is 5.26 Å². The molecular formula is C14H25N3. The van der Waals surface area contributed by atoms with Crippen molar-refractivity contribution < 1.29 is 0 Å². The molecule has 96 valence electrons. The van der Waals surface area contributed by atoms with Crippen molar-refractivity contribution in [2.75, 3.05) is 26.7 Å². The lowest BCUT2D eigenvalue weighted by Gasteiger charge is -2.32. The molecule has 0 aromatic heterocycles. The summed E-state index contributed by atoms with van der Waals surface area (Å²) in [5.74, 6) is 1.16. The van der Waals surface area contributed by atoms with Crippen LogP contribution in [-0.2, 0) is 0 Å². The maximum Gasteiger partial charge on any atom is 0.0655 e. The molecule has 1 N–H and O–H groups in total. The van der Waals surface area contributed by atoms with E-state index in [0.29, 0.717) is 12.0 Å². The van der Waals surface area contributed by atoms with E-state index in [9.17, 15) is 0 Å². The number of piperidine rings is 1. The van der Waals surface area contributed by atoms with Crippen LogP contribution in [0.4, 0.5) is 0 Å². The van der Waals surface area contributed by atoms with Gasteiger partial charge in [-0.1, -0.05) is 0 Å². The molecule has 1 atom stereocenters. The van der Waals surface area contributed by atoms with Crippen LogP contribution in [-0.4, -0.2) is 37.6 Å². The standard InChI is InChI=1S/C14H25N3/c1-17-8-2-3-13(11-17)10-16-14-6-4-12(9-15)5-7-14/h12-14,16H,2-8,10-11H2,1H3. The van der Waals surface area contributed by atoms with Crippen LogP contribution in [0.2, 0.25) is 0 Å². The van der Waals surface area contributed by atoms with Gasteiger partial charge in [0.25, 0.3) is 0 Å². The van der Waals surface area contributed by atoms with Crippen LogP contribution >= 0.6 is 0 Å². The van der Waals surface area contributed by atoms with Crippen LogP contribution in [0.15, 0.2) is 0 Å². The Hall–Kier alpha value is -0.590. The number of nitrogens with one attached hydrogen (secondary N) is 1. The maximum atomic E-state index is 8.86. The summed E-state index contributed by atoms with van der Waals surface area (Å²) in [6.07, 6.45) is 7.31. The Morgan fingerprint density at radius 1 is 1.24 bits per heavy atom. The number of hydrogen-bond acceptors (Lipinski definition) is 3. The highest BCUT2D eigenvalue weighted by molar-refractivity contribution is 4.89. The maximum absolute atomic E-state index is 8.86. The fourth-order valence-electron chi connectivity index (χ4n) is 3.20. The van der Waals surface area contributed by atoms with Crippen molar-refractivity contribution in [1.82, 2.24) is 10.2 Å². The predicted octanol–water partition coefficient (Wildman–Crippen LogP) is 2.00. The molecule has 2 fully saturated rings. The highest BCUT2D eigenvalue weighted by Crippen LogP contribution is 2.24. The van der Waals surface area contributed by atoms with Crippen molar-refractivity contribution in [3.8, 4) is 6.07 Å². The van der Waals surface area contributed by atoms with Crippen molar-refractivity contribution >= 4 is 0 Å². The van der Waals surface area contributed by atoms with Crippen molar-refractivity contribution in [3.63, 3.8) is 0 Å². The van der Waals surface area contributed by atoms with Gasteiger partial charge in [0, 0.05) is 18.5 Å². The topological polar surface area (TPSA) is 39.1 Å². The minimum absolute atomic E-state index is 0.328. The van der Waals surface area contributed by atoms with E-state index >= 15 is 0 Å². The van der Waals surface area contributed by atoms with E-state index in [0.717, 1.165) is 18.8 Å². The zero-order chi connectivity index (χ0) is 12.1. The summed E-state index contributed by atoms with van der Waals surface area (Å²) in [6.45, 7) is 3.69. The van der Waals surface area contributed by atoms with E-state index in [4.69, 9.17) is 5.26 Å². The lowest BCUT2D eigenvalue weighted by molar-refractivity contribution is 0.197. The lowest BCUT2D eigenvalue weighted by atomic mass is 9.86. The minimum Gasteiger partial charge on any atom is -0.314 e. The van der Waals surface area contributed by atoms with E-state index in [2.05, 4.69) is 23.3 Å². The Bertz CT molecular complexity index is 263. The predicted molar refractivity (Wildman–Crippen MR) is 69.6 cm³/mol. The molecule has 3 heteroatoms. The average Bonchev–Trinajstić information content (AvgIpc) is 2.37. The number of rotatable bonds is 3. The molecule has 1 saturated heterocycles. The number of hydrogen-bond donors (Lipinski definition) is 1. The Morgan fingerprint density at radius 3 is 2.65 bits per heavy atom. The Morgan fingerprint density at radius 2 is 2.00 bits per heavy atom. The smallest absolute Gasteiger partial charge is 0.0655 e. The summed E-state index contributed by atoms with van der Waals surface area (Å²) in [7, 11) is 2.23. The summed E-state index contributed by atoms with van der Waals surface area (Å²) in [5, 5.41) is 12.6. The first-order chi connectivity index (χ1) is 8.28. The zero-order valence-corrected chi connectivity index (χ0v) is 11.0. The molecule has 0 radical (unpaired) electrons. The van der Waals surface area contributed by atoms with Crippen molar-refractivity contribution in [1.29, 1.82) is 5.26 Å². The van der Waals surface area contributed by atoms with Crippen LogP contribution in [0.3, 0.4) is 0 Å². The fraction of sp³-hybridized carbons (Fsp3) is 0.929. The Labute approximate surface area is 105 Å². The van der Waals surface area contributed by atoms with Crippen molar-refractivity contribution in [2.45, 2.75) is 44.6 Å². The quantitative estimate of drug-likeness (QED) is 0.813. The molecule has 0 bridgehead atoms. The molecule has 1 aliphatic carbocycles. The van der Waals surface area contributed by atoms with Crippen LogP contribution in [0.1, 0.15) is 38.5 Å². The monoisotopic (exact) mass is 235 g/mol. The third-order valence-electron chi connectivity index (χ3n) is 4.33. The van der Waals surface area contributed by atoms with Crippen molar-refractivity contribution in [2.24, 2.45) is 11.8 Å². The van der Waals surface area contributed by atoms with E-state index in [1.807, 2.05) is 0 Å². The van der Waals surface area contributed by atoms with E-state index in [1.165, 1.54) is 45.3 Å². The molecule has 0 amide bonds. The highest BCUT2D eigenvalue weighted by Gasteiger charge is 2.22. The normalized spacial score (nSPS) is 35.4. The van der Waals surface area contributed by atoms with E-state index in [-0.39, 0.29) is 0 Å². The van der Waals surface area contributed by atoms with Gasteiger partial charge in [0.1, 0.15) is 0 Å². The summed E-state index contributed by atoms with van der Waals surface area (Å²) in [4.78, 5) is 2.45. The van der Waals surface area contributed by atoms with Gasteiger partial charge < -0.3 is 10.2 Å². The van der Waals surface area contributed by atoms with Crippen LogP contribution in [0.5, 0.6) is 0 Å². The molecule has 1 saturated carbocycles. The molecule has 17 heavy (non-hydrogen) atoms. The van der Waals surface area contributed by atoms with Gasteiger partial charge >= 0.3 is 0 Å². The summed E-state index contributed by atoms with van der Waals surface area (Å²) < 4.78 is 0. The summed E-state index contributed by atoms with van der Waals surface area (Å²) in [5.41, 5.74) is 0. The SMILES string of the molecule is CN1CCCC(CNC2CCC(C#N)CC2)C1. The molecule has 0 aromatic rings. The van der Waals surface area contributed by atoms with Crippen molar-refractivity contribution in [3.05, 3.63) is 0 Å². The van der Waals surface area contributed by atoms with Gasteiger partial charge in [0.05, 0.1) is 6.07 Å². The third kappa shape index (κ3) is 3.97. The zero-order valence-electron chi connectivity index (χ0n) is 11.0. The molecular weight excluding hydrogens is 210 g/mol. The van der Waals surface area contributed by atoms with E-state index in [1.54, 1.807) is 0 Å². The Balaban J connectivity index is 1.64. The largest absolute Gasteiger partial charge is 0.314 e. The number of nitrogens with zero attached hydrogens (tertiary/aromatic N) is 2.